The van der Waals surface area contributed by atoms with Crippen LogP contribution < -0.4 is 14.8 Å². The molecule has 0 amide bonds. The van der Waals surface area contributed by atoms with Gasteiger partial charge in [-0.05, 0) is 49.2 Å². The van der Waals surface area contributed by atoms with Gasteiger partial charge in [0.05, 0.1) is 32.3 Å². The molecule has 1 heterocycles. The number of hydrogen-bond acceptors (Lipinski definition) is 6. The molecule has 3 unspecified atom stereocenters. The van der Waals surface area contributed by atoms with E-state index in [1.54, 1.807) is 27.2 Å². The summed E-state index contributed by atoms with van der Waals surface area (Å²) >= 11 is 6.05. The summed E-state index contributed by atoms with van der Waals surface area (Å²) in [5.41, 5.74) is 3.73. The van der Waals surface area contributed by atoms with Crippen molar-refractivity contribution in [2.75, 3.05) is 20.8 Å². The molecule has 178 valence electrons. The second-order valence-electron chi connectivity index (χ2n) is 8.40. The van der Waals surface area contributed by atoms with Crippen LogP contribution in [0.2, 0.25) is 5.02 Å². The molecule has 1 N–H and O–H groups in total. The summed E-state index contributed by atoms with van der Waals surface area (Å²) in [6, 6.07) is 13.0. The molecule has 0 radical (unpaired) electrons. The topological polar surface area (TPSA) is 73.9 Å². The number of halogens is 1. The van der Waals surface area contributed by atoms with E-state index in [9.17, 15) is 9.59 Å². The van der Waals surface area contributed by atoms with Crippen molar-refractivity contribution in [1.29, 1.82) is 0 Å². The Bertz CT molecular complexity index is 1170. The predicted octanol–water partition coefficient (Wildman–Crippen LogP) is 5.14. The minimum absolute atomic E-state index is 0.0547. The van der Waals surface area contributed by atoms with E-state index < -0.39 is 17.8 Å². The van der Waals surface area contributed by atoms with Crippen molar-refractivity contribution >= 4 is 23.4 Å². The summed E-state index contributed by atoms with van der Waals surface area (Å²) < 4.78 is 16.3. The van der Waals surface area contributed by atoms with Gasteiger partial charge in [-0.25, -0.2) is 4.79 Å². The molecule has 0 saturated carbocycles. The lowest BCUT2D eigenvalue weighted by Crippen LogP contribution is -2.42. The number of benzene rings is 2. The zero-order valence-corrected chi connectivity index (χ0v) is 20.4. The van der Waals surface area contributed by atoms with Crippen molar-refractivity contribution in [3.05, 3.63) is 81.7 Å². The molecule has 0 fully saturated rings. The monoisotopic (exact) mass is 481 g/mol. The van der Waals surface area contributed by atoms with Gasteiger partial charge in [-0.15, -0.1) is 0 Å². The fraction of sp³-hybridized carbons (Fsp3) is 0.333. The molecule has 2 aromatic carbocycles. The highest BCUT2D eigenvalue weighted by Gasteiger charge is 2.45. The molecule has 7 heteroatoms. The first-order valence-electron chi connectivity index (χ1n) is 11.2. The average Bonchev–Trinajstić information content (AvgIpc) is 2.83. The first kappa shape index (κ1) is 23.9. The number of carbonyl (C=O) groups is 2. The van der Waals surface area contributed by atoms with Gasteiger partial charge < -0.3 is 19.5 Å². The van der Waals surface area contributed by atoms with Crippen molar-refractivity contribution in [3.8, 4) is 11.5 Å². The third kappa shape index (κ3) is 4.42. The van der Waals surface area contributed by atoms with E-state index in [-0.39, 0.29) is 18.3 Å². The maximum Gasteiger partial charge on any atom is 0.336 e. The number of carbonyl (C=O) groups excluding carboxylic acids is 2. The van der Waals surface area contributed by atoms with Crippen molar-refractivity contribution in [1.82, 2.24) is 5.32 Å². The van der Waals surface area contributed by atoms with Gasteiger partial charge >= 0.3 is 5.97 Å². The van der Waals surface area contributed by atoms with Crippen LogP contribution in [0.4, 0.5) is 0 Å². The maximum absolute atomic E-state index is 13.6. The molecule has 2 aromatic rings. The molecule has 1 aliphatic carbocycles. The number of methoxy groups -OCH3 is 2. The number of nitrogens with one attached hydrogen (secondary N) is 1. The van der Waals surface area contributed by atoms with E-state index in [1.165, 1.54) is 0 Å². The third-order valence-corrected chi connectivity index (χ3v) is 6.68. The largest absolute Gasteiger partial charge is 0.493 e. The highest BCUT2D eigenvalue weighted by Crippen LogP contribution is 2.47. The van der Waals surface area contributed by atoms with E-state index in [0.29, 0.717) is 34.2 Å². The van der Waals surface area contributed by atoms with E-state index in [0.717, 1.165) is 16.8 Å². The van der Waals surface area contributed by atoms with E-state index in [2.05, 4.69) is 11.4 Å². The normalized spacial score (nSPS) is 21.9. The first-order valence-corrected chi connectivity index (χ1v) is 11.6. The lowest BCUT2D eigenvalue weighted by Gasteiger charge is -2.39. The molecule has 0 bridgehead atoms. The van der Waals surface area contributed by atoms with Crippen molar-refractivity contribution in [2.24, 2.45) is 5.92 Å². The first-order chi connectivity index (χ1) is 16.4. The second-order valence-corrected chi connectivity index (χ2v) is 8.84. The molecule has 4 rings (SSSR count). The standard InChI is InChI=1S/C27H28ClNO5/c1-5-34-27(31)24-15(2)29-20-12-18(16-6-9-19(28)10-7-16)13-21(30)26(20)25(24)17-8-11-22(32-3)23(14-17)33-4/h6-12,14,18,25-26,29H,5,13H2,1-4H3. The molecule has 3 atom stereocenters. The minimum atomic E-state index is -0.537. The van der Waals surface area contributed by atoms with Crippen molar-refractivity contribution < 1.29 is 23.8 Å². The van der Waals surface area contributed by atoms with Crippen molar-refractivity contribution in [2.45, 2.75) is 32.1 Å². The number of hydrogen-bond donors (Lipinski definition) is 1. The maximum atomic E-state index is 13.6. The van der Waals surface area contributed by atoms with Gasteiger partial charge in [-0.1, -0.05) is 35.9 Å². The van der Waals surface area contributed by atoms with Crippen LogP contribution in [0.15, 0.2) is 65.5 Å². The Morgan fingerprint density at radius 3 is 2.35 bits per heavy atom. The Balaban J connectivity index is 1.84. The highest BCUT2D eigenvalue weighted by molar-refractivity contribution is 6.30. The van der Waals surface area contributed by atoms with Gasteiger partial charge in [-0.2, -0.15) is 0 Å². The molecule has 34 heavy (non-hydrogen) atoms. The van der Waals surface area contributed by atoms with Gasteiger partial charge in [0, 0.05) is 34.7 Å². The number of Topliss-reactive ketones (excluding diaryl/α,β-unsaturated/α-hetero) is 1. The van der Waals surface area contributed by atoms with Gasteiger partial charge in [0.1, 0.15) is 5.78 Å². The molecule has 6 nitrogen and oxygen atoms in total. The molecule has 0 aromatic heterocycles. The molecular formula is C27H28ClNO5. The summed E-state index contributed by atoms with van der Waals surface area (Å²) in [6.07, 6.45) is 2.42. The van der Waals surface area contributed by atoms with Gasteiger partial charge in [-0.3, -0.25) is 4.79 Å². The molecular weight excluding hydrogens is 454 g/mol. The fourth-order valence-corrected chi connectivity index (χ4v) is 5.01. The number of ether oxygens (including phenoxy) is 3. The van der Waals surface area contributed by atoms with Crippen LogP contribution in [0.5, 0.6) is 11.5 Å². The Kier molecular flexibility index (Phi) is 6.98. The number of fused-ring (bicyclic) bond motifs is 1. The van der Waals surface area contributed by atoms with Crippen LogP contribution >= 0.6 is 11.6 Å². The van der Waals surface area contributed by atoms with E-state index in [1.807, 2.05) is 43.3 Å². The van der Waals surface area contributed by atoms with Crippen molar-refractivity contribution in [3.63, 3.8) is 0 Å². The predicted molar refractivity (Wildman–Crippen MR) is 130 cm³/mol. The number of ketones is 1. The van der Waals surface area contributed by atoms with E-state index in [4.69, 9.17) is 25.8 Å². The summed E-state index contributed by atoms with van der Waals surface area (Å²) in [6.45, 7) is 3.85. The Morgan fingerprint density at radius 1 is 1.03 bits per heavy atom. The quantitative estimate of drug-likeness (QED) is 0.576. The Morgan fingerprint density at radius 2 is 1.71 bits per heavy atom. The second kappa shape index (κ2) is 9.94. The zero-order chi connectivity index (χ0) is 24.4. The summed E-state index contributed by atoms with van der Waals surface area (Å²) in [4.78, 5) is 26.7. The summed E-state index contributed by atoms with van der Waals surface area (Å²) in [5.74, 6) is -0.390. The van der Waals surface area contributed by atoms with Gasteiger partial charge in [0.25, 0.3) is 0 Å². The fourth-order valence-electron chi connectivity index (χ4n) is 4.88. The van der Waals surface area contributed by atoms with Crippen LogP contribution in [-0.2, 0) is 14.3 Å². The van der Waals surface area contributed by atoms with Crippen LogP contribution in [0, 0.1) is 5.92 Å². The van der Waals surface area contributed by atoms with E-state index >= 15 is 0 Å². The smallest absolute Gasteiger partial charge is 0.336 e. The molecule has 0 spiro atoms. The summed E-state index contributed by atoms with van der Waals surface area (Å²) in [5, 5.41) is 3.99. The summed E-state index contributed by atoms with van der Waals surface area (Å²) in [7, 11) is 3.13. The number of rotatable bonds is 6. The van der Waals surface area contributed by atoms with Crippen LogP contribution in [0.25, 0.3) is 0 Å². The molecule has 1 aliphatic heterocycles. The van der Waals surface area contributed by atoms with Crippen LogP contribution in [0.1, 0.15) is 43.2 Å². The average molecular weight is 482 g/mol. The zero-order valence-electron chi connectivity index (χ0n) is 19.7. The highest BCUT2D eigenvalue weighted by atomic mass is 35.5. The molecule has 0 saturated heterocycles. The molecule has 2 aliphatic rings. The van der Waals surface area contributed by atoms with Gasteiger partial charge in [0.15, 0.2) is 11.5 Å². The lowest BCUT2D eigenvalue weighted by atomic mass is 9.68. The lowest BCUT2D eigenvalue weighted by molar-refractivity contribution is -0.139. The third-order valence-electron chi connectivity index (χ3n) is 6.42. The SMILES string of the molecule is CCOC(=O)C1=C(C)NC2=CC(c3ccc(Cl)cc3)CC(=O)C2C1c1ccc(OC)c(OC)c1. The van der Waals surface area contributed by atoms with Crippen LogP contribution in [-0.4, -0.2) is 32.6 Å². The van der Waals surface area contributed by atoms with Crippen LogP contribution in [0.3, 0.4) is 0 Å². The minimum Gasteiger partial charge on any atom is -0.493 e. The number of esters is 1. The Hall–Kier alpha value is -3.25. The number of allylic oxidation sites excluding steroid dienone is 3. The Labute approximate surface area is 204 Å². The van der Waals surface area contributed by atoms with Gasteiger partial charge in [0.2, 0.25) is 0 Å².